The van der Waals surface area contributed by atoms with E-state index in [0.29, 0.717) is 0 Å². The molecule has 0 N–H and O–H groups in total. The third-order valence-electron chi connectivity index (χ3n) is 4.90. The zero-order valence-corrected chi connectivity index (χ0v) is 27.4. The van der Waals surface area contributed by atoms with Gasteiger partial charge in [-0.25, -0.2) is 83.4 Å². The summed E-state index contributed by atoms with van der Waals surface area (Å²) in [6.07, 6.45) is 0. The predicted molar refractivity (Wildman–Crippen MR) is 126 cm³/mol. The van der Waals surface area contributed by atoms with Crippen LogP contribution in [0.25, 0.3) is 0 Å². The van der Waals surface area contributed by atoms with Crippen molar-refractivity contribution in [3.63, 3.8) is 0 Å². The Labute approximate surface area is 291 Å². The zero-order valence-electron chi connectivity index (χ0n) is 21.5. The van der Waals surface area contributed by atoms with Gasteiger partial charge in [0, 0.05) is 4.90 Å². The number of hydrogen-bond donors (Lipinski definition) is 0. The van der Waals surface area contributed by atoms with Crippen molar-refractivity contribution in [2.75, 3.05) is 0 Å². The first-order chi connectivity index (χ1) is 21.5. The topological polar surface area (TPSA) is 0 Å². The molecule has 0 nitrogen and oxygen atoms in total. The van der Waals surface area contributed by atoms with Gasteiger partial charge in [-0.1, -0.05) is 21.6 Å². The molecule has 0 aliphatic rings. The number of hydrogen-bond acceptors (Lipinski definition) is 4. The molecule has 0 bridgehead atoms. The molecule has 49 heavy (non-hydrogen) atoms. The van der Waals surface area contributed by atoms with Crippen LogP contribution in [0.4, 0.5) is 83.4 Å². The second-order valence-electron chi connectivity index (χ2n) is 7.71. The molecule has 0 fully saturated rings. The van der Waals surface area contributed by atoms with Crippen LogP contribution < -0.4 is 4.70 Å². The summed E-state index contributed by atoms with van der Waals surface area (Å²) in [4.78, 5) is -6.86. The molecule has 0 aromatic heterocycles. The third kappa shape index (κ3) is 8.90. The van der Waals surface area contributed by atoms with Gasteiger partial charge >= 0.3 is 19.8 Å². The standard InChI is InChI=1S/C12HF9S2.2C6HF5S.FH.Os/c13-1-3(15)7(19)11(8(20)4(1)16)23-12-9(21)5(17)2(14)6(18)10(12)22;2*7-1-2(8)4(10)6(12)5(11)3(1)9;;/h22H;2*12H;1H;/q;;;;+4/p-4. The van der Waals surface area contributed by atoms with Gasteiger partial charge in [-0.3, -0.25) is 0 Å². The predicted octanol–water partition coefficient (Wildman–Crippen LogP) is 6.57. The Kier molecular flexibility index (Phi) is 16.8. The molecule has 4 aromatic rings. The van der Waals surface area contributed by atoms with Crippen molar-refractivity contribution >= 4 is 49.6 Å². The summed E-state index contributed by atoms with van der Waals surface area (Å²) in [5.74, 6) is -41.0. The van der Waals surface area contributed by atoms with E-state index < -0.39 is 147 Å². The molecule has 0 saturated heterocycles. The van der Waals surface area contributed by atoms with Crippen molar-refractivity contribution in [3.8, 4) is 0 Å². The van der Waals surface area contributed by atoms with Crippen molar-refractivity contribution in [3.05, 3.63) is 111 Å². The minimum atomic E-state index is -2.47. The van der Waals surface area contributed by atoms with Gasteiger partial charge in [0.1, 0.15) is 29.1 Å². The van der Waals surface area contributed by atoms with Crippen molar-refractivity contribution in [2.24, 2.45) is 0 Å². The van der Waals surface area contributed by atoms with Crippen molar-refractivity contribution in [2.45, 2.75) is 24.5 Å². The molecule has 0 aliphatic heterocycles. The number of halogens is 20. The minimum absolute atomic E-state index is 0. The van der Waals surface area contributed by atoms with E-state index in [0.717, 1.165) is 0 Å². The van der Waals surface area contributed by atoms with Gasteiger partial charge in [0.2, 0.25) is 5.82 Å². The van der Waals surface area contributed by atoms with Gasteiger partial charge < -0.3 is 42.6 Å². The van der Waals surface area contributed by atoms with E-state index in [-0.39, 0.29) is 24.5 Å². The van der Waals surface area contributed by atoms with Gasteiger partial charge in [0.15, 0.2) is 75.6 Å². The van der Waals surface area contributed by atoms with Crippen LogP contribution in [0, 0.1) is 111 Å². The molecule has 0 saturated carbocycles. The zero-order chi connectivity index (χ0) is 36.6. The average Bonchev–Trinajstić information content (AvgIpc) is 3.06. The molecule has 0 spiro atoms. The molecule has 0 unspecified atom stereocenters. The Bertz CT molecular complexity index is 1500. The van der Waals surface area contributed by atoms with Crippen LogP contribution in [0.5, 0.6) is 0 Å². The van der Waals surface area contributed by atoms with Crippen molar-refractivity contribution < 1.29 is 108 Å². The van der Waals surface area contributed by atoms with Gasteiger partial charge in [0.05, 0.1) is 4.90 Å². The van der Waals surface area contributed by atoms with Crippen molar-refractivity contribution in [1.29, 1.82) is 0 Å². The van der Waals surface area contributed by atoms with E-state index in [1.54, 1.807) is 0 Å². The average molecular weight is 987 g/mol. The second-order valence-corrected chi connectivity index (χ2v) is 9.96. The summed E-state index contributed by atoms with van der Waals surface area (Å²) in [5, 5.41) is 0. The first kappa shape index (κ1) is 46.1. The van der Waals surface area contributed by atoms with E-state index in [4.69, 9.17) is 0 Å². The van der Waals surface area contributed by atoms with E-state index >= 15 is 0 Å². The molecule has 0 aliphatic carbocycles. The third-order valence-corrected chi connectivity index (χ3v) is 7.28. The van der Waals surface area contributed by atoms with Crippen LogP contribution >= 0.6 is 11.8 Å². The summed E-state index contributed by atoms with van der Waals surface area (Å²) in [7, 11) is 0. The number of benzene rings is 4. The fraction of sp³-hybridized carbons (Fsp3) is 0. The minimum Gasteiger partial charge on any atom is -1.00 e. The molecule has 4 rings (SSSR count). The summed E-state index contributed by atoms with van der Waals surface area (Å²) < 4.78 is 241. The summed E-state index contributed by atoms with van der Waals surface area (Å²) in [6, 6.07) is 0. The quantitative estimate of drug-likeness (QED) is 0.0966. The Morgan fingerprint density at radius 1 is 0.245 bits per heavy atom. The van der Waals surface area contributed by atoms with Crippen LogP contribution in [0.3, 0.4) is 0 Å². The van der Waals surface area contributed by atoms with Crippen LogP contribution in [0.1, 0.15) is 0 Å². The maximum absolute atomic E-state index is 13.6. The summed E-state index contributed by atoms with van der Waals surface area (Å²) in [6.45, 7) is 0. The van der Waals surface area contributed by atoms with Gasteiger partial charge in [-0.2, -0.15) is 0 Å². The Balaban J connectivity index is 0.000000754. The molecule has 0 radical (unpaired) electrons. The normalized spacial score (nSPS) is 10.3. The van der Waals surface area contributed by atoms with Crippen LogP contribution in [-0.4, -0.2) is 0 Å². The molecule has 0 atom stereocenters. The molecule has 4 aromatic carbocycles. The number of rotatable bonds is 2. The Hall–Kier alpha value is -2.87. The summed E-state index contributed by atoms with van der Waals surface area (Å²) >= 11 is 11.6. The Morgan fingerprint density at radius 3 is 0.653 bits per heavy atom. The molecule has 0 heterocycles. The monoisotopic (exact) mass is 988 g/mol. The maximum atomic E-state index is 13.6. The second kappa shape index (κ2) is 17.9. The SMILES string of the molecule is Fc1c(F)c(F)c(Sc2c(F)c(F)c(F)c(F)c2[S-])c(F)c1F.Fc1c(F)c(F)c([S-])c(F)c1F.Fc1c(F)c(F)c([S-])c(F)c1F.[F-].[Os+4]. The van der Waals surface area contributed by atoms with Crippen LogP contribution in [0.15, 0.2) is 24.5 Å². The largest absolute Gasteiger partial charge is 4.00 e. The Morgan fingerprint density at radius 2 is 0.408 bits per heavy atom. The fourth-order valence-electron chi connectivity index (χ4n) is 2.63. The van der Waals surface area contributed by atoms with Crippen molar-refractivity contribution in [1.82, 2.24) is 0 Å². The first-order valence-electron chi connectivity index (χ1n) is 10.6. The summed E-state index contributed by atoms with van der Waals surface area (Å²) in [5.41, 5.74) is 0. The first-order valence-corrected chi connectivity index (χ1v) is 12.7. The molecule has 268 valence electrons. The van der Waals surface area contributed by atoms with E-state index in [2.05, 4.69) is 37.9 Å². The van der Waals surface area contributed by atoms with Gasteiger partial charge in [-0.15, -0.1) is 4.90 Å². The molecule has 25 heteroatoms. The molecule has 0 amide bonds. The van der Waals surface area contributed by atoms with E-state index in [1.807, 2.05) is 0 Å². The van der Waals surface area contributed by atoms with Gasteiger partial charge in [0.25, 0.3) is 0 Å². The van der Waals surface area contributed by atoms with Crippen LogP contribution in [0.2, 0.25) is 0 Å². The van der Waals surface area contributed by atoms with E-state index in [9.17, 15) is 83.4 Å². The van der Waals surface area contributed by atoms with Gasteiger partial charge in [-0.05, 0) is 0 Å². The fourth-order valence-corrected chi connectivity index (χ4v) is 4.22. The smallest absolute Gasteiger partial charge is 1.00 e. The van der Waals surface area contributed by atoms with Crippen LogP contribution in [-0.2, 0) is 57.7 Å². The maximum Gasteiger partial charge on any atom is 4.00 e. The molecular weight excluding hydrogens is 987 g/mol. The molecular formula is C24F20OsS4. The van der Waals surface area contributed by atoms with E-state index in [1.165, 1.54) is 0 Å².